The summed E-state index contributed by atoms with van der Waals surface area (Å²) >= 11 is 0. The Balaban J connectivity index is 0.00000341. The molecule has 2 aromatic carbocycles. The van der Waals surface area contributed by atoms with Gasteiger partial charge in [-0.3, -0.25) is 9.79 Å². The molecule has 0 spiro atoms. The predicted octanol–water partition coefficient (Wildman–Crippen LogP) is 2.90. The van der Waals surface area contributed by atoms with Gasteiger partial charge in [0.05, 0.1) is 5.69 Å². The Morgan fingerprint density at radius 2 is 1.68 bits per heavy atom. The van der Waals surface area contributed by atoms with Crippen LogP contribution >= 0.6 is 24.0 Å². The summed E-state index contributed by atoms with van der Waals surface area (Å²) < 4.78 is 1.84. The molecule has 1 heterocycles. The average molecular weight is 532 g/mol. The van der Waals surface area contributed by atoms with Gasteiger partial charge in [0.25, 0.3) is 0 Å². The highest BCUT2D eigenvalue weighted by Crippen LogP contribution is 2.08. The summed E-state index contributed by atoms with van der Waals surface area (Å²) in [5, 5.41) is 13.6. The third kappa shape index (κ3) is 8.41. The Morgan fingerprint density at radius 3 is 2.35 bits per heavy atom. The van der Waals surface area contributed by atoms with Gasteiger partial charge in [-0.25, -0.2) is 4.68 Å². The van der Waals surface area contributed by atoms with E-state index in [-0.39, 0.29) is 29.9 Å². The number of carbonyl (C=O) groups excluding carboxylic acids is 1. The minimum atomic E-state index is 0. The third-order valence-electron chi connectivity index (χ3n) is 4.61. The molecule has 0 aliphatic rings. The molecule has 0 unspecified atom stereocenters. The van der Waals surface area contributed by atoms with Crippen LogP contribution in [0.25, 0.3) is 5.69 Å². The van der Waals surface area contributed by atoms with Crippen LogP contribution in [-0.2, 0) is 17.8 Å². The van der Waals surface area contributed by atoms with Crippen molar-refractivity contribution < 1.29 is 4.79 Å². The van der Waals surface area contributed by atoms with E-state index in [0.717, 1.165) is 24.2 Å². The van der Waals surface area contributed by atoms with Gasteiger partial charge >= 0.3 is 0 Å². The molecular formula is C23H29IN6O. The molecular weight excluding hydrogens is 503 g/mol. The van der Waals surface area contributed by atoms with E-state index in [4.69, 9.17) is 0 Å². The Hall–Kier alpha value is -2.88. The van der Waals surface area contributed by atoms with E-state index in [1.807, 2.05) is 47.3 Å². The van der Waals surface area contributed by atoms with Crippen LogP contribution in [0.15, 0.2) is 78.0 Å². The van der Waals surface area contributed by atoms with E-state index < -0.39 is 0 Å². The van der Waals surface area contributed by atoms with Crippen LogP contribution in [0.3, 0.4) is 0 Å². The van der Waals surface area contributed by atoms with Gasteiger partial charge in [0.15, 0.2) is 5.96 Å². The summed E-state index contributed by atoms with van der Waals surface area (Å²) in [5.41, 5.74) is 3.36. The molecule has 8 heteroatoms. The second-order valence-corrected chi connectivity index (χ2v) is 6.81. The molecule has 0 bridgehead atoms. The van der Waals surface area contributed by atoms with E-state index in [2.05, 4.69) is 50.3 Å². The molecule has 1 amide bonds. The zero-order valence-corrected chi connectivity index (χ0v) is 20.0. The molecule has 0 saturated carbocycles. The summed E-state index contributed by atoms with van der Waals surface area (Å²) in [4.78, 5) is 16.2. The molecule has 7 nitrogen and oxygen atoms in total. The quantitative estimate of drug-likeness (QED) is 0.225. The SMILES string of the molecule is CN=C(NCCC(=O)NCc1ccccc1)NCCc1ccc(-n2cccn2)cc1.I. The summed E-state index contributed by atoms with van der Waals surface area (Å²) in [7, 11) is 1.73. The number of rotatable bonds is 9. The number of hydrogen-bond acceptors (Lipinski definition) is 3. The zero-order valence-electron chi connectivity index (χ0n) is 17.6. The number of aliphatic imine (C=N–C) groups is 1. The number of nitrogens with one attached hydrogen (secondary N) is 3. The molecule has 3 rings (SSSR count). The Morgan fingerprint density at radius 1 is 0.935 bits per heavy atom. The van der Waals surface area contributed by atoms with Crippen molar-refractivity contribution in [2.45, 2.75) is 19.4 Å². The number of guanidine groups is 1. The molecule has 0 atom stereocenters. The van der Waals surface area contributed by atoms with Crippen molar-refractivity contribution in [3.05, 3.63) is 84.2 Å². The molecule has 3 N–H and O–H groups in total. The fourth-order valence-corrected chi connectivity index (χ4v) is 2.96. The molecule has 0 radical (unpaired) electrons. The Kier molecular flexibility index (Phi) is 10.6. The monoisotopic (exact) mass is 532 g/mol. The van der Waals surface area contributed by atoms with E-state index >= 15 is 0 Å². The maximum atomic E-state index is 12.0. The van der Waals surface area contributed by atoms with Crippen LogP contribution in [0.1, 0.15) is 17.5 Å². The van der Waals surface area contributed by atoms with Crippen LogP contribution in [0.5, 0.6) is 0 Å². The normalized spacial score (nSPS) is 10.8. The molecule has 1 aromatic heterocycles. The average Bonchev–Trinajstić information content (AvgIpc) is 3.33. The summed E-state index contributed by atoms with van der Waals surface area (Å²) in [5.74, 6) is 0.707. The van der Waals surface area contributed by atoms with Crippen molar-refractivity contribution in [1.29, 1.82) is 0 Å². The first-order valence-electron chi connectivity index (χ1n) is 10.1. The smallest absolute Gasteiger partial charge is 0.222 e. The van der Waals surface area contributed by atoms with Gasteiger partial charge in [0.1, 0.15) is 0 Å². The van der Waals surface area contributed by atoms with Crippen molar-refractivity contribution in [2.24, 2.45) is 4.99 Å². The first-order valence-corrected chi connectivity index (χ1v) is 10.1. The summed E-state index contributed by atoms with van der Waals surface area (Å²) in [6, 6.07) is 20.1. The van der Waals surface area contributed by atoms with E-state index in [9.17, 15) is 4.79 Å². The van der Waals surface area contributed by atoms with Gasteiger partial charge in [0, 0.05) is 45.5 Å². The number of halogens is 1. The van der Waals surface area contributed by atoms with Crippen molar-refractivity contribution in [2.75, 3.05) is 20.1 Å². The van der Waals surface area contributed by atoms with Crippen molar-refractivity contribution in [3.63, 3.8) is 0 Å². The highest BCUT2D eigenvalue weighted by Gasteiger charge is 2.03. The molecule has 31 heavy (non-hydrogen) atoms. The fourth-order valence-electron chi connectivity index (χ4n) is 2.96. The van der Waals surface area contributed by atoms with Gasteiger partial charge in [-0.1, -0.05) is 42.5 Å². The van der Waals surface area contributed by atoms with Gasteiger partial charge in [0.2, 0.25) is 5.91 Å². The minimum absolute atomic E-state index is 0. The molecule has 3 aromatic rings. The minimum Gasteiger partial charge on any atom is -0.356 e. The Labute approximate surface area is 200 Å². The number of hydrogen-bond donors (Lipinski definition) is 3. The van der Waals surface area contributed by atoms with Crippen molar-refractivity contribution >= 4 is 35.8 Å². The standard InChI is InChI=1S/C23H28N6O.HI/c1-24-23(26-16-13-22(30)27-18-20-6-3-2-4-7-20)25-15-12-19-8-10-21(11-9-19)29-17-5-14-28-29;/h2-11,14,17H,12-13,15-16,18H2,1H3,(H,27,30)(H2,24,25,26);1H. The van der Waals surface area contributed by atoms with E-state index in [1.54, 1.807) is 13.2 Å². The largest absolute Gasteiger partial charge is 0.356 e. The van der Waals surface area contributed by atoms with Gasteiger partial charge in [-0.15, -0.1) is 24.0 Å². The number of benzene rings is 2. The second kappa shape index (κ2) is 13.4. The van der Waals surface area contributed by atoms with Gasteiger partial charge in [-0.2, -0.15) is 5.10 Å². The number of aromatic nitrogens is 2. The summed E-state index contributed by atoms with van der Waals surface area (Å²) in [6.45, 7) is 1.83. The van der Waals surface area contributed by atoms with Crippen LogP contribution in [0.2, 0.25) is 0 Å². The molecule has 0 aliphatic heterocycles. The van der Waals surface area contributed by atoms with Crippen LogP contribution in [-0.4, -0.2) is 41.8 Å². The number of nitrogens with zero attached hydrogens (tertiary/aromatic N) is 3. The lowest BCUT2D eigenvalue weighted by atomic mass is 10.1. The maximum absolute atomic E-state index is 12.0. The third-order valence-corrected chi connectivity index (χ3v) is 4.61. The lowest BCUT2D eigenvalue weighted by molar-refractivity contribution is -0.121. The second-order valence-electron chi connectivity index (χ2n) is 6.81. The van der Waals surface area contributed by atoms with Crippen LogP contribution in [0, 0.1) is 0 Å². The van der Waals surface area contributed by atoms with Crippen molar-refractivity contribution in [3.8, 4) is 5.69 Å². The van der Waals surface area contributed by atoms with Gasteiger partial charge in [-0.05, 0) is 35.7 Å². The fraction of sp³-hybridized carbons (Fsp3) is 0.261. The lowest BCUT2D eigenvalue weighted by Gasteiger charge is -2.12. The predicted molar refractivity (Wildman–Crippen MR) is 135 cm³/mol. The zero-order chi connectivity index (χ0) is 21.0. The van der Waals surface area contributed by atoms with E-state index in [0.29, 0.717) is 25.5 Å². The molecule has 0 fully saturated rings. The highest BCUT2D eigenvalue weighted by molar-refractivity contribution is 14.0. The van der Waals surface area contributed by atoms with E-state index in [1.165, 1.54) is 5.56 Å². The highest BCUT2D eigenvalue weighted by atomic mass is 127. The molecule has 164 valence electrons. The molecule has 0 aliphatic carbocycles. The maximum Gasteiger partial charge on any atom is 0.222 e. The summed E-state index contributed by atoms with van der Waals surface area (Å²) in [6.07, 6.45) is 4.96. The van der Waals surface area contributed by atoms with Crippen LogP contribution in [0.4, 0.5) is 0 Å². The van der Waals surface area contributed by atoms with Crippen molar-refractivity contribution in [1.82, 2.24) is 25.7 Å². The molecule has 0 saturated heterocycles. The lowest BCUT2D eigenvalue weighted by Crippen LogP contribution is -2.40. The number of carbonyl (C=O) groups is 1. The van der Waals surface area contributed by atoms with Crippen LogP contribution < -0.4 is 16.0 Å². The number of amides is 1. The van der Waals surface area contributed by atoms with Gasteiger partial charge < -0.3 is 16.0 Å². The Bertz CT molecular complexity index is 926. The first kappa shape index (κ1) is 24.4. The topological polar surface area (TPSA) is 83.3 Å². The first-order chi connectivity index (χ1) is 14.7.